The molecule has 0 aliphatic carbocycles. The number of rotatable bonds is 15. The summed E-state index contributed by atoms with van der Waals surface area (Å²) >= 11 is 0. The summed E-state index contributed by atoms with van der Waals surface area (Å²) in [7, 11) is 4.40. The van der Waals surface area contributed by atoms with Gasteiger partial charge in [-0.3, -0.25) is 29.3 Å². The third-order valence-corrected chi connectivity index (χ3v) is 10.8. The highest BCUT2D eigenvalue weighted by Gasteiger charge is 2.36. The lowest BCUT2D eigenvalue weighted by molar-refractivity contribution is -0.140. The van der Waals surface area contributed by atoms with E-state index in [1.54, 1.807) is 34.1 Å². The van der Waals surface area contributed by atoms with E-state index in [2.05, 4.69) is 11.7 Å². The number of ether oxygens (including phenoxy) is 6. The minimum atomic E-state index is -0.318. The molecule has 0 unspecified atom stereocenters. The van der Waals surface area contributed by atoms with Crippen LogP contribution in [0.15, 0.2) is 101 Å². The van der Waals surface area contributed by atoms with Crippen molar-refractivity contribution in [2.24, 2.45) is 9.98 Å². The molecule has 3 aliphatic rings. The van der Waals surface area contributed by atoms with Crippen LogP contribution in [0.25, 0.3) is 0 Å². The Hall–Kier alpha value is -7.15. The molecule has 0 aromatic heterocycles. The number of amides is 2. The van der Waals surface area contributed by atoms with Gasteiger partial charge in [0.25, 0.3) is 11.8 Å². The van der Waals surface area contributed by atoms with Gasteiger partial charge in [-0.25, -0.2) is 0 Å². The molecule has 0 saturated carbocycles. The maximum atomic E-state index is 13.9. The summed E-state index contributed by atoms with van der Waals surface area (Å²) in [5.41, 5.74) is 7.08. The van der Waals surface area contributed by atoms with Crippen LogP contribution in [0.2, 0.25) is 0 Å². The van der Waals surface area contributed by atoms with Crippen molar-refractivity contribution < 1.29 is 42.8 Å². The second kappa shape index (κ2) is 17.4. The van der Waals surface area contributed by atoms with Gasteiger partial charge in [0.2, 0.25) is 0 Å². The Morgan fingerprint density at radius 1 is 0.800 bits per heavy atom. The number of methoxy groups -OCH3 is 3. The van der Waals surface area contributed by atoms with Gasteiger partial charge >= 0.3 is 5.97 Å². The molecule has 3 heterocycles. The van der Waals surface area contributed by atoms with E-state index < -0.39 is 0 Å². The monoisotopic (exact) mass is 808 g/mol. The molecule has 1 atom stereocenters. The molecule has 13 heteroatoms. The van der Waals surface area contributed by atoms with Gasteiger partial charge in [0, 0.05) is 49.1 Å². The molecule has 0 bridgehead atoms. The van der Waals surface area contributed by atoms with Crippen molar-refractivity contribution in [1.29, 1.82) is 0 Å². The van der Waals surface area contributed by atoms with Crippen LogP contribution in [0.3, 0.4) is 0 Å². The largest absolute Gasteiger partial charge is 0.494 e. The quantitative estimate of drug-likeness (QED) is 0.0585. The molecule has 0 fully saturated rings. The zero-order valence-electron chi connectivity index (χ0n) is 33.6. The van der Waals surface area contributed by atoms with Crippen LogP contribution in [0, 0.1) is 0 Å². The highest BCUT2D eigenvalue weighted by atomic mass is 16.5. The summed E-state index contributed by atoms with van der Waals surface area (Å²) < 4.78 is 35.0. The highest BCUT2D eigenvalue weighted by Crippen LogP contribution is 2.42. The lowest BCUT2D eigenvalue weighted by Gasteiger charge is -2.22. The van der Waals surface area contributed by atoms with Crippen LogP contribution in [-0.4, -0.2) is 71.2 Å². The van der Waals surface area contributed by atoms with E-state index in [1.165, 1.54) is 21.3 Å². The fraction of sp³-hybridized carbons (Fsp3) is 0.255. The Morgan fingerprint density at radius 2 is 1.48 bits per heavy atom. The zero-order chi connectivity index (χ0) is 41.8. The van der Waals surface area contributed by atoms with Gasteiger partial charge in [-0.05, 0) is 84.3 Å². The van der Waals surface area contributed by atoms with Crippen LogP contribution < -0.4 is 33.5 Å². The van der Waals surface area contributed by atoms with Crippen LogP contribution in [0.4, 0.5) is 22.7 Å². The number of carbonyl (C=O) groups is 3. The smallest absolute Gasteiger partial charge is 0.305 e. The summed E-state index contributed by atoms with van der Waals surface area (Å²) in [4.78, 5) is 51.9. The van der Waals surface area contributed by atoms with E-state index >= 15 is 0 Å². The number of para-hydroxylation sites is 2. The van der Waals surface area contributed by atoms with Gasteiger partial charge in [0.05, 0.1) is 56.5 Å². The summed E-state index contributed by atoms with van der Waals surface area (Å²) in [6, 6.07) is 27.9. The number of hydrogen-bond acceptors (Lipinski definition) is 11. The third-order valence-electron chi connectivity index (χ3n) is 10.8. The summed E-state index contributed by atoms with van der Waals surface area (Å²) in [6.45, 7) is 4.76. The molecule has 13 nitrogen and oxygen atoms in total. The fourth-order valence-electron chi connectivity index (χ4n) is 7.82. The van der Waals surface area contributed by atoms with Gasteiger partial charge in [0.15, 0.2) is 23.0 Å². The lowest BCUT2D eigenvalue weighted by Crippen LogP contribution is -2.37. The first-order valence-electron chi connectivity index (χ1n) is 19.6. The van der Waals surface area contributed by atoms with Gasteiger partial charge in [0.1, 0.15) is 19.0 Å². The van der Waals surface area contributed by atoms with Crippen molar-refractivity contribution in [1.82, 2.24) is 0 Å². The van der Waals surface area contributed by atoms with Crippen LogP contribution in [0.5, 0.6) is 28.7 Å². The SMILES string of the molecule is C=Nc1cc(OCc2cc(COc3cc4c(cc3OC)C(=O)N3c5ccccc5C[C@H]3C=N4)cc(OCCCC(=O)OC)c2)c(OC)cc1C(=O)N1CCc2ccccc21. The van der Waals surface area contributed by atoms with E-state index in [4.69, 9.17) is 33.4 Å². The minimum absolute atomic E-state index is 0.0892. The molecule has 5 aromatic carbocycles. The number of hydrogen-bond donors (Lipinski definition) is 0. The number of esters is 1. The van der Waals surface area contributed by atoms with E-state index in [0.717, 1.165) is 40.0 Å². The standard InChI is InChI=1S/C47H44N4O9/c1-48-37-24-43(41(55-2)22-35(37)46(53)50-16-15-31-10-5-7-12-39(31)50)59-27-29-18-30(20-34(19-29)58-17-9-14-45(52)57-4)28-60-44-25-38-36(23-42(44)56-3)47(54)51-33(26-49-38)21-32-11-6-8-13-40(32)51/h5-8,10-13,18-20,22-26,33H,1,9,14-17,21,27-28H2,2-4H3/t33-/m0/s1. The Bertz CT molecular complexity index is 2520. The van der Waals surface area contributed by atoms with Crippen molar-refractivity contribution >= 4 is 53.5 Å². The second-order valence-electron chi connectivity index (χ2n) is 14.5. The molecule has 8 rings (SSSR count). The van der Waals surface area contributed by atoms with Crippen molar-refractivity contribution in [2.45, 2.75) is 44.9 Å². The van der Waals surface area contributed by atoms with Crippen LogP contribution in [-0.2, 0) is 35.6 Å². The van der Waals surface area contributed by atoms with Crippen molar-refractivity contribution in [3.63, 3.8) is 0 Å². The fourth-order valence-corrected chi connectivity index (χ4v) is 7.82. The molecule has 0 spiro atoms. The van der Waals surface area contributed by atoms with Gasteiger partial charge in [-0.15, -0.1) is 0 Å². The summed E-state index contributed by atoms with van der Waals surface area (Å²) in [6.07, 6.45) is 3.94. The Morgan fingerprint density at radius 3 is 2.20 bits per heavy atom. The van der Waals surface area contributed by atoms with E-state index in [1.807, 2.05) is 72.9 Å². The molecule has 3 aliphatic heterocycles. The molecular formula is C47H44N4O9. The minimum Gasteiger partial charge on any atom is -0.494 e. The molecule has 0 saturated heterocycles. The predicted octanol–water partition coefficient (Wildman–Crippen LogP) is 8.02. The number of anilines is 2. The lowest BCUT2D eigenvalue weighted by atomic mass is 10.1. The first kappa shape index (κ1) is 39.7. The highest BCUT2D eigenvalue weighted by molar-refractivity contribution is 6.15. The maximum Gasteiger partial charge on any atom is 0.305 e. The number of fused-ring (bicyclic) bond motifs is 5. The van der Waals surface area contributed by atoms with Crippen molar-refractivity contribution in [3.05, 3.63) is 124 Å². The van der Waals surface area contributed by atoms with Crippen LogP contribution >= 0.6 is 0 Å². The van der Waals surface area contributed by atoms with E-state index in [0.29, 0.717) is 70.6 Å². The normalized spacial score (nSPS) is 14.7. The van der Waals surface area contributed by atoms with Gasteiger partial charge in [-0.1, -0.05) is 36.4 Å². The molecule has 60 heavy (non-hydrogen) atoms. The number of carbonyl (C=O) groups excluding carboxylic acids is 3. The summed E-state index contributed by atoms with van der Waals surface area (Å²) in [5, 5.41) is 0. The molecule has 0 N–H and O–H groups in total. The first-order valence-corrected chi connectivity index (χ1v) is 19.6. The zero-order valence-corrected chi connectivity index (χ0v) is 33.6. The first-order chi connectivity index (χ1) is 29.3. The third kappa shape index (κ3) is 7.98. The molecule has 2 amide bonds. The predicted molar refractivity (Wildman–Crippen MR) is 228 cm³/mol. The maximum absolute atomic E-state index is 13.9. The number of nitrogens with zero attached hydrogens (tertiary/aromatic N) is 4. The topological polar surface area (TPSA) is 138 Å². The Kier molecular flexibility index (Phi) is 11.5. The molecular weight excluding hydrogens is 765 g/mol. The second-order valence-corrected chi connectivity index (χ2v) is 14.5. The number of aliphatic imine (C=N–C) groups is 2. The van der Waals surface area contributed by atoms with E-state index in [9.17, 15) is 14.4 Å². The summed E-state index contributed by atoms with van der Waals surface area (Å²) in [5.74, 6) is 1.38. The van der Waals surface area contributed by atoms with Crippen molar-refractivity contribution in [3.8, 4) is 28.7 Å². The van der Waals surface area contributed by atoms with Crippen LogP contribution in [0.1, 0.15) is 55.8 Å². The number of benzene rings is 5. The van der Waals surface area contributed by atoms with E-state index in [-0.39, 0.29) is 50.1 Å². The van der Waals surface area contributed by atoms with Crippen molar-refractivity contribution in [2.75, 3.05) is 44.3 Å². The molecule has 0 radical (unpaired) electrons. The molecule has 5 aromatic rings. The molecule has 306 valence electrons. The Labute approximate surface area is 347 Å². The Balaban J connectivity index is 1.03. The van der Waals surface area contributed by atoms with Gasteiger partial charge < -0.3 is 33.3 Å². The average molecular weight is 809 g/mol. The van der Waals surface area contributed by atoms with Gasteiger partial charge in [-0.2, -0.15) is 0 Å². The average Bonchev–Trinajstić information content (AvgIpc) is 3.85.